The fourth-order valence-electron chi connectivity index (χ4n) is 4.17. The first kappa shape index (κ1) is 17.2. The van der Waals surface area contributed by atoms with Gasteiger partial charge in [-0.2, -0.15) is 0 Å². The number of hydrogen-bond acceptors (Lipinski definition) is 4. The van der Waals surface area contributed by atoms with Crippen LogP contribution < -0.4 is 9.64 Å². The summed E-state index contributed by atoms with van der Waals surface area (Å²) >= 11 is 0. The first-order chi connectivity index (χ1) is 12.6. The molecule has 2 fully saturated rings. The zero-order valence-corrected chi connectivity index (χ0v) is 15.4. The number of ether oxygens (including phenoxy) is 1. The summed E-state index contributed by atoms with van der Waals surface area (Å²) in [5, 5.41) is 0. The van der Waals surface area contributed by atoms with Crippen molar-refractivity contribution in [2.75, 3.05) is 44.7 Å². The second-order valence-corrected chi connectivity index (χ2v) is 7.59. The van der Waals surface area contributed by atoms with Gasteiger partial charge in [0.2, 0.25) is 5.91 Å². The van der Waals surface area contributed by atoms with E-state index in [1.165, 1.54) is 0 Å². The molecular formula is C20H27N3O3. The van der Waals surface area contributed by atoms with E-state index in [0.29, 0.717) is 18.5 Å². The van der Waals surface area contributed by atoms with Gasteiger partial charge in [-0.15, -0.1) is 0 Å². The monoisotopic (exact) mass is 357 g/mol. The van der Waals surface area contributed by atoms with Crippen LogP contribution >= 0.6 is 0 Å². The van der Waals surface area contributed by atoms with Crippen LogP contribution in [0.2, 0.25) is 0 Å². The van der Waals surface area contributed by atoms with Crippen molar-refractivity contribution in [1.82, 2.24) is 9.80 Å². The van der Waals surface area contributed by atoms with Crippen molar-refractivity contribution in [2.24, 2.45) is 0 Å². The van der Waals surface area contributed by atoms with E-state index in [1.807, 2.05) is 35.0 Å². The molecule has 3 aliphatic heterocycles. The van der Waals surface area contributed by atoms with Crippen LogP contribution in [0.15, 0.2) is 18.2 Å². The van der Waals surface area contributed by atoms with Gasteiger partial charge in [-0.05, 0) is 43.9 Å². The molecule has 3 aliphatic rings. The molecule has 140 valence electrons. The van der Waals surface area contributed by atoms with Crippen LogP contribution in [0.4, 0.5) is 5.69 Å². The molecule has 0 aromatic heterocycles. The Bertz CT molecular complexity index is 694. The Morgan fingerprint density at radius 3 is 2.38 bits per heavy atom. The molecule has 6 heteroatoms. The topological polar surface area (TPSA) is 53.1 Å². The fraction of sp³-hybridized carbons (Fsp3) is 0.600. The largest absolute Gasteiger partial charge is 0.486 e. The SMILES string of the molecule is CN1C[C@@H](CC(=O)N2CCCC2)Oc2ccc(C(=O)N3CCCC3)cc21. The first-order valence-electron chi connectivity index (χ1n) is 9.71. The Labute approximate surface area is 154 Å². The van der Waals surface area contributed by atoms with E-state index in [2.05, 4.69) is 4.90 Å². The van der Waals surface area contributed by atoms with E-state index < -0.39 is 0 Å². The van der Waals surface area contributed by atoms with Crippen molar-refractivity contribution in [3.8, 4) is 5.75 Å². The Morgan fingerprint density at radius 2 is 1.69 bits per heavy atom. The average molecular weight is 357 g/mol. The number of carbonyl (C=O) groups is 2. The predicted octanol–water partition coefficient (Wildman–Crippen LogP) is 2.13. The Kier molecular flexibility index (Phi) is 4.74. The molecule has 0 N–H and O–H groups in total. The van der Waals surface area contributed by atoms with Gasteiger partial charge in [0.25, 0.3) is 5.91 Å². The molecule has 2 amide bonds. The normalized spacial score (nSPS) is 22.3. The van der Waals surface area contributed by atoms with Crippen molar-refractivity contribution in [1.29, 1.82) is 0 Å². The lowest BCUT2D eigenvalue weighted by Crippen LogP contribution is -2.41. The summed E-state index contributed by atoms with van der Waals surface area (Å²) in [5.74, 6) is 1.05. The third-order valence-electron chi connectivity index (χ3n) is 5.64. The number of nitrogens with zero attached hydrogens (tertiary/aromatic N) is 3. The Hall–Kier alpha value is -2.24. The molecule has 0 unspecified atom stereocenters. The molecule has 0 saturated carbocycles. The standard InChI is InChI=1S/C20H27N3O3/c1-21-14-16(13-19(24)22-8-2-3-9-22)26-18-7-6-15(12-17(18)21)20(25)23-10-4-5-11-23/h6-7,12,16H,2-5,8-11,13-14H2,1H3/t16-/m1/s1. The number of anilines is 1. The lowest BCUT2D eigenvalue weighted by atomic mass is 10.1. The maximum Gasteiger partial charge on any atom is 0.253 e. The second kappa shape index (κ2) is 7.17. The minimum atomic E-state index is -0.138. The minimum absolute atomic E-state index is 0.102. The molecule has 6 nitrogen and oxygen atoms in total. The van der Waals surface area contributed by atoms with Crippen LogP contribution in [-0.2, 0) is 4.79 Å². The van der Waals surface area contributed by atoms with E-state index in [1.54, 1.807) is 0 Å². The number of amides is 2. The predicted molar refractivity (Wildman–Crippen MR) is 99.7 cm³/mol. The highest BCUT2D eigenvalue weighted by molar-refractivity contribution is 5.96. The number of benzene rings is 1. The number of rotatable bonds is 3. The number of fused-ring (bicyclic) bond motifs is 1. The summed E-state index contributed by atoms with van der Waals surface area (Å²) in [5.41, 5.74) is 1.65. The quantitative estimate of drug-likeness (QED) is 0.832. The summed E-state index contributed by atoms with van der Waals surface area (Å²) in [6.45, 7) is 4.11. The molecule has 0 bridgehead atoms. The van der Waals surface area contributed by atoms with Gasteiger partial charge in [0.05, 0.1) is 18.7 Å². The lowest BCUT2D eigenvalue weighted by Gasteiger charge is -2.34. The van der Waals surface area contributed by atoms with Gasteiger partial charge in [0.1, 0.15) is 11.9 Å². The zero-order valence-electron chi connectivity index (χ0n) is 15.4. The van der Waals surface area contributed by atoms with Gasteiger partial charge in [-0.25, -0.2) is 0 Å². The number of carbonyl (C=O) groups excluding carboxylic acids is 2. The highest BCUT2D eigenvalue weighted by atomic mass is 16.5. The maximum absolute atomic E-state index is 12.6. The van der Waals surface area contributed by atoms with Gasteiger partial charge >= 0.3 is 0 Å². The minimum Gasteiger partial charge on any atom is -0.486 e. The third-order valence-corrected chi connectivity index (χ3v) is 5.64. The lowest BCUT2D eigenvalue weighted by molar-refractivity contribution is -0.131. The van der Waals surface area contributed by atoms with Crippen LogP contribution in [0.5, 0.6) is 5.75 Å². The summed E-state index contributed by atoms with van der Waals surface area (Å²) in [4.78, 5) is 31.0. The smallest absolute Gasteiger partial charge is 0.253 e. The summed E-state index contributed by atoms with van der Waals surface area (Å²) < 4.78 is 6.08. The Balaban J connectivity index is 1.45. The molecular weight excluding hydrogens is 330 g/mol. The molecule has 3 heterocycles. The number of hydrogen-bond donors (Lipinski definition) is 0. The van der Waals surface area contributed by atoms with Gasteiger partial charge in [-0.3, -0.25) is 9.59 Å². The number of likely N-dealkylation sites (tertiary alicyclic amines) is 2. The van der Waals surface area contributed by atoms with Gasteiger partial charge in [0.15, 0.2) is 0 Å². The van der Waals surface area contributed by atoms with Crippen LogP contribution in [-0.4, -0.2) is 67.5 Å². The van der Waals surface area contributed by atoms with Crippen LogP contribution in [0.1, 0.15) is 42.5 Å². The third kappa shape index (κ3) is 3.37. The first-order valence-corrected chi connectivity index (χ1v) is 9.71. The van der Waals surface area contributed by atoms with Crippen molar-refractivity contribution >= 4 is 17.5 Å². The van der Waals surface area contributed by atoms with Crippen molar-refractivity contribution in [2.45, 2.75) is 38.2 Å². The zero-order chi connectivity index (χ0) is 18.1. The van der Waals surface area contributed by atoms with E-state index in [9.17, 15) is 9.59 Å². The molecule has 0 aliphatic carbocycles. The molecule has 1 aromatic rings. The summed E-state index contributed by atoms with van der Waals surface area (Å²) in [6, 6.07) is 5.65. The molecule has 1 atom stereocenters. The summed E-state index contributed by atoms with van der Waals surface area (Å²) in [6.07, 6.45) is 4.67. The Morgan fingerprint density at radius 1 is 1.04 bits per heavy atom. The molecule has 26 heavy (non-hydrogen) atoms. The molecule has 4 rings (SSSR count). The average Bonchev–Trinajstić information content (AvgIpc) is 3.34. The van der Waals surface area contributed by atoms with E-state index in [-0.39, 0.29) is 17.9 Å². The number of likely N-dealkylation sites (N-methyl/N-ethyl adjacent to an activating group) is 1. The van der Waals surface area contributed by atoms with Crippen molar-refractivity contribution in [3.05, 3.63) is 23.8 Å². The maximum atomic E-state index is 12.6. The van der Waals surface area contributed by atoms with Crippen LogP contribution in [0, 0.1) is 0 Å². The highest BCUT2D eigenvalue weighted by Crippen LogP contribution is 2.34. The van der Waals surface area contributed by atoms with Gasteiger partial charge < -0.3 is 19.4 Å². The van der Waals surface area contributed by atoms with E-state index in [0.717, 1.165) is 63.3 Å². The van der Waals surface area contributed by atoms with Crippen LogP contribution in [0.3, 0.4) is 0 Å². The molecule has 0 spiro atoms. The van der Waals surface area contributed by atoms with E-state index in [4.69, 9.17) is 4.74 Å². The molecule has 1 aromatic carbocycles. The second-order valence-electron chi connectivity index (χ2n) is 7.59. The van der Waals surface area contributed by atoms with Crippen LogP contribution in [0.25, 0.3) is 0 Å². The van der Waals surface area contributed by atoms with Crippen molar-refractivity contribution in [3.63, 3.8) is 0 Å². The van der Waals surface area contributed by atoms with Gasteiger partial charge in [-0.1, -0.05) is 0 Å². The summed E-state index contributed by atoms with van der Waals surface area (Å²) in [7, 11) is 2.00. The van der Waals surface area contributed by atoms with Gasteiger partial charge in [0, 0.05) is 38.8 Å². The van der Waals surface area contributed by atoms with Crippen molar-refractivity contribution < 1.29 is 14.3 Å². The highest BCUT2D eigenvalue weighted by Gasteiger charge is 2.29. The van der Waals surface area contributed by atoms with E-state index >= 15 is 0 Å². The molecule has 0 radical (unpaired) electrons. The molecule has 2 saturated heterocycles. The fourth-order valence-corrected chi connectivity index (χ4v) is 4.17.